The summed E-state index contributed by atoms with van der Waals surface area (Å²) in [6.45, 7) is 2.14. The van der Waals surface area contributed by atoms with Gasteiger partial charge >= 0.3 is 0 Å². The number of methoxy groups -OCH3 is 1. The van der Waals surface area contributed by atoms with E-state index >= 15 is 0 Å². The molecule has 0 aliphatic heterocycles. The van der Waals surface area contributed by atoms with Crippen LogP contribution in [0.4, 0.5) is 5.69 Å². The van der Waals surface area contributed by atoms with Crippen molar-refractivity contribution in [2.75, 3.05) is 12.4 Å². The van der Waals surface area contributed by atoms with Crippen molar-refractivity contribution in [3.63, 3.8) is 0 Å². The van der Waals surface area contributed by atoms with E-state index in [9.17, 15) is 4.79 Å². The SMILES string of the molecule is COc1ncccc1NC(=O)C1(N)CCCC(C)C1. The van der Waals surface area contributed by atoms with Gasteiger partial charge in [-0.05, 0) is 30.9 Å². The molecule has 1 heterocycles. The van der Waals surface area contributed by atoms with Gasteiger partial charge in [-0.1, -0.05) is 19.8 Å². The topological polar surface area (TPSA) is 77.2 Å². The number of pyridine rings is 1. The number of hydrogen-bond acceptors (Lipinski definition) is 4. The number of ether oxygens (including phenoxy) is 1. The highest BCUT2D eigenvalue weighted by Crippen LogP contribution is 2.32. The molecule has 2 rings (SSSR count). The molecule has 1 aliphatic rings. The molecule has 0 saturated heterocycles. The maximum atomic E-state index is 12.4. The molecule has 2 atom stereocenters. The molecular weight excluding hydrogens is 242 g/mol. The smallest absolute Gasteiger partial charge is 0.244 e. The third-order valence-electron chi connectivity index (χ3n) is 3.70. The number of amides is 1. The first-order chi connectivity index (χ1) is 9.05. The van der Waals surface area contributed by atoms with Crippen LogP contribution in [0.2, 0.25) is 0 Å². The third-order valence-corrected chi connectivity index (χ3v) is 3.70. The second-order valence-corrected chi connectivity index (χ2v) is 5.37. The minimum atomic E-state index is -0.779. The number of aromatic nitrogens is 1. The molecule has 1 aromatic rings. The molecule has 5 nitrogen and oxygen atoms in total. The Labute approximate surface area is 113 Å². The summed E-state index contributed by atoms with van der Waals surface area (Å²) in [4.78, 5) is 16.4. The molecule has 3 N–H and O–H groups in total. The lowest BCUT2D eigenvalue weighted by Crippen LogP contribution is -2.53. The first-order valence-electron chi connectivity index (χ1n) is 6.64. The van der Waals surface area contributed by atoms with E-state index in [0.29, 0.717) is 17.5 Å². The lowest BCUT2D eigenvalue weighted by molar-refractivity contribution is -0.122. The van der Waals surface area contributed by atoms with Gasteiger partial charge in [0.05, 0.1) is 12.6 Å². The Balaban J connectivity index is 2.12. The van der Waals surface area contributed by atoms with Crippen LogP contribution in [0.15, 0.2) is 18.3 Å². The highest BCUT2D eigenvalue weighted by atomic mass is 16.5. The third kappa shape index (κ3) is 3.04. The molecular formula is C14H21N3O2. The zero-order chi connectivity index (χ0) is 13.9. The summed E-state index contributed by atoms with van der Waals surface area (Å²) in [6.07, 6.45) is 5.21. The summed E-state index contributed by atoms with van der Waals surface area (Å²) in [5.74, 6) is 0.744. The van der Waals surface area contributed by atoms with Crippen molar-refractivity contribution in [3.05, 3.63) is 18.3 Å². The average molecular weight is 263 g/mol. The van der Waals surface area contributed by atoms with Gasteiger partial charge in [0.15, 0.2) is 0 Å². The number of nitrogens with one attached hydrogen (secondary N) is 1. The van der Waals surface area contributed by atoms with Gasteiger partial charge in [-0.3, -0.25) is 4.79 Å². The van der Waals surface area contributed by atoms with E-state index < -0.39 is 5.54 Å². The van der Waals surface area contributed by atoms with E-state index in [0.717, 1.165) is 25.7 Å². The molecule has 1 saturated carbocycles. The molecule has 2 unspecified atom stereocenters. The predicted molar refractivity (Wildman–Crippen MR) is 74.0 cm³/mol. The highest BCUT2D eigenvalue weighted by molar-refractivity contribution is 5.98. The van der Waals surface area contributed by atoms with Crippen LogP contribution in [0.3, 0.4) is 0 Å². The monoisotopic (exact) mass is 263 g/mol. The van der Waals surface area contributed by atoms with Crippen LogP contribution in [-0.4, -0.2) is 23.5 Å². The van der Waals surface area contributed by atoms with E-state index in [1.807, 2.05) is 0 Å². The second kappa shape index (κ2) is 5.57. The number of nitrogens with two attached hydrogens (primary N) is 1. The van der Waals surface area contributed by atoms with Crippen molar-refractivity contribution < 1.29 is 9.53 Å². The predicted octanol–water partition coefficient (Wildman–Crippen LogP) is 1.94. The van der Waals surface area contributed by atoms with E-state index in [-0.39, 0.29) is 5.91 Å². The lowest BCUT2D eigenvalue weighted by atomic mass is 9.76. The van der Waals surface area contributed by atoms with Crippen molar-refractivity contribution in [1.82, 2.24) is 4.98 Å². The number of nitrogens with zero attached hydrogens (tertiary/aromatic N) is 1. The van der Waals surface area contributed by atoms with Crippen molar-refractivity contribution in [2.24, 2.45) is 11.7 Å². The summed E-state index contributed by atoms with van der Waals surface area (Å²) in [6, 6.07) is 3.52. The number of carbonyl (C=O) groups excluding carboxylic acids is 1. The van der Waals surface area contributed by atoms with Gasteiger partial charge < -0.3 is 15.8 Å². The standard InChI is InChI=1S/C14H21N3O2/c1-10-5-3-7-14(15,9-10)13(18)17-11-6-4-8-16-12(11)19-2/h4,6,8,10H,3,5,7,9,15H2,1-2H3,(H,17,18). The van der Waals surface area contributed by atoms with E-state index in [1.54, 1.807) is 18.3 Å². The van der Waals surface area contributed by atoms with Gasteiger partial charge in [0.1, 0.15) is 5.69 Å². The minimum absolute atomic E-state index is 0.148. The Kier molecular flexibility index (Phi) is 4.04. The molecule has 0 spiro atoms. The number of carbonyl (C=O) groups is 1. The average Bonchev–Trinajstić information content (AvgIpc) is 2.39. The molecule has 1 aromatic heterocycles. The molecule has 1 amide bonds. The van der Waals surface area contributed by atoms with Gasteiger partial charge in [0.2, 0.25) is 11.8 Å². The first-order valence-corrected chi connectivity index (χ1v) is 6.64. The fourth-order valence-electron chi connectivity index (χ4n) is 2.69. The van der Waals surface area contributed by atoms with Crippen LogP contribution in [0, 0.1) is 5.92 Å². The van der Waals surface area contributed by atoms with Gasteiger partial charge in [0, 0.05) is 6.20 Å². The van der Waals surface area contributed by atoms with E-state index in [4.69, 9.17) is 10.5 Å². The van der Waals surface area contributed by atoms with Crippen LogP contribution < -0.4 is 15.8 Å². The van der Waals surface area contributed by atoms with Crippen LogP contribution in [-0.2, 0) is 4.79 Å². The molecule has 0 bridgehead atoms. The Bertz CT molecular complexity index is 464. The van der Waals surface area contributed by atoms with E-state index in [1.165, 1.54) is 7.11 Å². The minimum Gasteiger partial charge on any atom is -0.480 e. The fraction of sp³-hybridized carbons (Fsp3) is 0.571. The maximum absolute atomic E-state index is 12.4. The Hall–Kier alpha value is -1.62. The molecule has 19 heavy (non-hydrogen) atoms. The maximum Gasteiger partial charge on any atom is 0.244 e. The zero-order valence-electron chi connectivity index (χ0n) is 11.5. The summed E-state index contributed by atoms with van der Waals surface area (Å²) in [5, 5.41) is 2.84. The van der Waals surface area contributed by atoms with Gasteiger partial charge in [-0.2, -0.15) is 0 Å². The molecule has 5 heteroatoms. The highest BCUT2D eigenvalue weighted by Gasteiger charge is 2.38. The largest absolute Gasteiger partial charge is 0.480 e. The zero-order valence-corrected chi connectivity index (χ0v) is 11.5. The molecule has 104 valence electrons. The number of hydrogen-bond donors (Lipinski definition) is 2. The summed E-state index contributed by atoms with van der Waals surface area (Å²) in [5.41, 5.74) is 6.05. The van der Waals surface area contributed by atoms with Crippen LogP contribution in [0.1, 0.15) is 32.6 Å². The lowest BCUT2D eigenvalue weighted by Gasteiger charge is -2.35. The Morgan fingerprint density at radius 1 is 1.63 bits per heavy atom. The van der Waals surface area contributed by atoms with Crippen molar-refractivity contribution in [2.45, 2.75) is 38.1 Å². The van der Waals surface area contributed by atoms with Gasteiger partial charge in [-0.25, -0.2) is 4.98 Å². The van der Waals surface area contributed by atoms with Gasteiger partial charge in [0.25, 0.3) is 0 Å². The normalized spacial score (nSPS) is 26.8. The Morgan fingerprint density at radius 2 is 2.42 bits per heavy atom. The van der Waals surface area contributed by atoms with Crippen molar-refractivity contribution >= 4 is 11.6 Å². The molecule has 1 aliphatic carbocycles. The fourth-order valence-corrected chi connectivity index (χ4v) is 2.69. The number of anilines is 1. The van der Waals surface area contributed by atoms with E-state index in [2.05, 4.69) is 17.2 Å². The van der Waals surface area contributed by atoms with Gasteiger partial charge in [-0.15, -0.1) is 0 Å². The molecule has 0 aromatic carbocycles. The van der Waals surface area contributed by atoms with Crippen LogP contribution in [0.5, 0.6) is 5.88 Å². The second-order valence-electron chi connectivity index (χ2n) is 5.37. The summed E-state index contributed by atoms with van der Waals surface area (Å²) in [7, 11) is 1.53. The summed E-state index contributed by atoms with van der Waals surface area (Å²) < 4.78 is 5.12. The number of rotatable bonds is 3. The summed E-state index contributed by atoms with van der Waals surface area (Å²) >= 11 is 0. The Morgan fingerprint density at radius 3 is 3.11 bits per heavy atom. The molecule has 1 fully saturated rings. The van der Waals surface area contributed by atoms with Crippen molar-refractivity contribution in [3.8, 4) is 5.88 Å². The van der Waals surface area contributed by atoms with Crippen LogP contribution >= 0.6 is 0 Å². The van der Waals surface area contributed by atoms with Crippen molar-refractivity contribution in [1.29, 1.82) is 0 Å². The quantitative estimate of drug-likeness (QED) is 0.873. The molecule has 0 radical (unpaired) electrons. The first kappa shape index (κ1) is 13.8. The van der Waals surface area contributed by atoms with Crippen LogP contribution in [0.25, 0.3) is 0 Å².